The molecule has 14 nitrogen and oxygen atoms in total. The molecule has 0 heterocycles. The van der Waals surface area contributed by atoms with E-state index >= 15 is 0 Å². The van der Waals surface area contributed by atoms with Gasteiger partial charge in [-0.05, 0) is 24.3 Å². The van der Waals surface area contributed by atoms with E-state index in [9.17, 15) is 46.2 Å². The molecule has 0 N–H and O–H groups in total. The van der Waals surface area contributed by atoms with Gasteiger partial charge in [-0.1, -0.05) is 0 Å². The number of hydrogen-bond acceptors (Lipinski definition) is 12. The van der Waals surface area contributed by atoms with Crippen LogP contribution in [0.1, 0.15) is 0 Å². The molecule has 0 atom stereocenters. The van der Waals surface area contributed by atoms with Crippen molar-refractivity contribution in [3.05, 3.63) is 56.6 Å². The first-order chi connectivity index (χ1) is 12.8. The molecule has 0 unspecified atom stereocenters. The third-order valence-electron chi connectivity index (χ3n) is 3.13. The largest absolute Gasteiger partial charge is 1.00 e. The SMILES string of the molecule is O=[N+]([O-])c1cc(S(=O)(=O)[O-])ccc1N=Nc1ccc(S(=O)(=O)[O-])cc1[N+](=O)[O-].[Na+].[Na+]. The molecule has 0 spiro atoms. The number of nitrogens with zero attached hydrogens (tertiary/aromatic N) is 4. The zero-order chi connectivity index (χ0) is 21.3. The number of hydrogen-bond donors (Lipinski definition) is 0. The Bertz CT molecular complexity index is 1140. The van der Waals surface area contributed by atoms with Crippen molar-refractivity contribution in [2.75, 3.05) is 0 Å². The molecule has 0 aromatic heterocycles. The van der Waals surface area contributed by atoms with Crippen LogP contribution in [-0.2, 0) is 20.2 Å². The van der Waals surface area contributed by atoms with Crippen molar-refractivity contribution in [2.24, 2.45) is 10.2 Å². The standard InChI is InChI=1S/C12H8N4O10S2.2Na/c17-15(18)11-5-7(27(21,22)23)1-3-9(11)13-14-10-4-2-8(28(24,25)26)6-12(10)16(19)20;;/h1-6H,(H,21,22,23)(H,24,25,26);;/q;2*+1/p-2. The molecule has 0 bridgehead atoms. The Morgan fingerprint density at radius 3 is 1.20 bits per heavy atom. The van der Waals surface area contributed by atoms with Gasteiger partial charge in [-0.2, -0.15) is 0 Å². The van der Waals surface area contributed by atoms with Crippen molar-refractivity contribution in [1.29, 1.82) is 0 Å². The van der Waals surface area contributed by atoms with Crippen molar-refractivity contribution < 1.29 is 94.9 Å². The minimum atomic E-state index is -4.98. The third kappa shape index (κ3) is 7.12. The van der Waals surface area contributed by atoms with Crippen LogP contribution in [0.4, 0.5) is 22.7 Å². The van der Waals surface area contributed by atoms with E-state index in [1.807, 2.05) is 0 Å². The van der Waals surface area contributed by atoms with Gasteiger partial charge in [-0.15, -0.1) is 10.2 Å². The Labute approximate surface area is 212 Å². The molecule has 2 aromatic rings. The quantitative estimate of drug-likeness (QED) is 0.128. The first-order valence-electron chi connectivity index (χ1n) is 6.71. The van der Waals surface area contributed by atoms with Crippen molar-refractivity contribution >= 4 is 43.0 Å². The average Bonchev–Trinajstić information content (AvgIpc) is 2.57. The number of benzene rings is 2. The van der Waals surface area contributed by atoms with Gasteiger partial charge in [0.2, 0.25) is 0 Å². The summed E-state index contributed by atoms with van der Waals surface area (Å²) in [5, 5.41) is 28.9. The summed E-state index contributed by atoms with van der Waals surface area (Å²) in [4.78, 5) is 18.2. The molecule has 0 aliphatic carbocycles. The number of rotatable bonds is 6. The Morgan fingerprint density at radius 2 is 0.967 bits per heavy atom. The molecule has 2 rings (SSSR count). The van der Waals surface area contributed by atoms with Gasteiger partial charge in [0.05, 0.1) is 19.6 Å². The molecule has 0 radical (unpaired) electrons. The van der Waals surface area contributed by atoms with Crippen LogP contribution in [0, 0.1) is 20.2 Å². The number of azo groups is 1. The fourth-order valence-electron chi connectivity index (χ4n) is 1.89. The first-order valence-corrected chi connectivity index (χ1v) is 9.53. The van der Waals surface area contributed by atoms with E-state index in [4.69, 9.17) is 0 Å². The van der Waals surface area contributed by atoms with Gasteiger partial charge in [0.15, 0.2) is 11.4 Å². The Kier molecular flexibility index (Phi) is 10.3. The second-order valence-electron chi connectivity index (χ2n) is 4.92. The monoisotopic (exact) mass is 476 g/mol. The maximum atomic E-state index is 11.0. The molecule has 2 aromatic carbocycles. The summed E-state index contributed by atoms with van der Waals surface area (Å²) in [5.41, 5.74) is -2.90. The van der Waals surface area contributed by atoms with Gasteiger partial charge >= 0.3 is 59.1 Å². The van der Waals surface area contributed by atoms with E-state index in [1.54, 1.807) is 0 Å². The first kappa shape index (κ1) is 28.7. The van der Waals surface area contributed by atoms with E-state index in [-0.39, 0.29) is 59.1 Å². The van der Waals surface area contributed by atoms with E-state index in [1.165, 1.54) is 0 Å². The predicted molar refractivity (Wildman–Crippen MR) is 86.3 cm³/mol. The second-order valence-corrected chi connectivity index (χ2v) is 7.68. The van der Waals surface area contributed by atoms with Gasteiger partial charge in [0.1, 0.15) is 20.2 Å². The predicted octanol–water partition coefficient (Wildman–Crippen LogP) is -4.27. The summed E-state index contributed by atoms with van der Waals surface area (Å²) in [7, 11) is -9.96. The van der Waals surface area contributed by atoms with Crippen LogP contribution in [0.2, 0.25) is 0 Å². The molecule has 0 amide bonds. The van der Waals surface area contributed by atoms with Gasteiger partial charge in [-0.25, -0.2) is 16.8 Å². The Hall–Kier alpha value is -1.34. The molecule has 0 saturated carbocycles. The molecular weight excluding hydrogens is 470 g/mol. The molecule has 148 valence electrons. The number of nitro groups is 2. The topological polar surface area (TPSA) is 225 Å². The minimum absolute atomic E-state index is 0. The smallest absolute Gasteiger partial charge is 0.744 e. The summed E-state index contributed by atoms with van der Waals surface area (Å²) in [6.07, 6.45) is 0. The van der Waals surface area contributed by atoms with Gasteiger partial charge in [0.25, 0.3) is 11.4 Å². The molecule has 0 aliphatic rings. The summed E-state index contributed by atoms with van der Waals surface area (Å²) < 4.78 is 65.7. The normalized spacial score (nSPS) is 11.4. The second kappa shape index (κ2) is 10.8. The zero-order valence-corrected chi connectivity index (χ0v) is 20.8. The van der Waals surface area contributed by atoms with Gasteiger partial charge in [-0.3, -0.25) is 20.2 Å². The third-order valence-corrected chi connectivity index (χ3v) is 4.79. The van der Waals surface area contributed by atoms with Gasteiger partial charge < -0.3 is 9.11 Å². The minimum Gasteiger partial charge on any atom is -0.744 e. The van der Waals surface area contributed by atoms with Crippen molar-refractivity contribution in [1.82, 2.24) is 0 Å². The fourth-order valence-corrected chi connectivity index (χ4v) is 2.87. The fraction of sp³-hybridized carbons (Fsp3) is 0. The molecule has 0 fully saturated rings. The van der Waals surface area contributed by atoms with Crippen LogP contribution in [-0.4, -0.2) is 35.8 Å². The molecular formula is C12H6N4Na2O10S2. The summed E-state index contributed by atoms with van der Waals surface area (Å²) >= 11 is 0. The number of nitro benzene ring substituents is 2. The van der Waals surface area contributed by atoms with E-state index in [2.05, 4.69) is 10.2 Å². The Balaban J connectivity index is 0.00000420. The van der Waals surface area contributed by atoms with Crippen LogP contribution in [0.15, 0.2) is 56.4 Å². The van der Waals surface area contributed by atoms with Crippen LogP contribution in [0.3, 0.4) is 0 Å². The average molecular weight is 476 g/mol. The van der Waals surface area contributed by atoms with Crippen LogP contribution in [0.5, 0.6) is 0 Å². The maximum absolute atomic E-state index is 11.0. The van der Waals surface area contributed by atoms with Crippen LogP contribution >= 0.6 is 0 Å². The van der Waals surface area contributed by atoms with E-state index in [0.717, 1.165) is 24.3 Å². The van der Waals surface area contributed by atoms with Crippen LogP contribution < -0.4 is 59.1 Å². The van der Waals surface area contributed by atoms with Gasteiger partial charge in [0, 0.05) is 12.1 Å². The van der Waals surface area contributed by atoms with Crippen molar-refractivity contribution in [3.63, 3.8) is 0 Å². The molecule has 0 aliphatic heterocycles. The van der Waals surface area contributed by atoms with Crippen LogP contribution in [0.25, 0.3) is 0 Å². The summed E-state index contributed by atoms with van der Waals surface area (Å²) in [5.74, 6) is 0. The Morgan fingerprint density at radius 1 is 0.667 bits per heavy atom. The molecule has 18 heteroatoms. The maximum Gasteiger partial charge on any atom is 1.00 e. The van der Waals surface area contributed by atoms with Crippen molar-refractivity contribution in [3.8, 4) is 0 Å². The summed E-state index contributed by atoms with van der Waals surface area (Å²) in [6, 6.07) is 3.91. The zero-order valence-electron chi connectivity index (χ0n) is 15.2. The molecule has 30 heavy (non-hydrogen) atoms. The summed E-state index contributed by atoms with van der Waals surface area (Å²) in [6.45, 7) is 0. The molecule has 0 saturated heterocycles. The van der Waals surface area contributed by atoms with E-state index < -0.39 is 62.6 Å². The van der Waals surface area contributed by atoms with Crippen molar-refractivity contribution in [2.45, 2.75) is 9.79 Å². The van der Waals surface area contributed by atoms with E-state index in [0.29, 0.717) is 12.1 Å².